The predicted octanol–water partition coefficient (Wildman–Crippen LogP) is -0.791. The fourth-order valence-electron chi connectivity index (χ4n) is 1.70. The first-order valence-electron chi connectivity index (χ1n) is 5.89. The van der Waals surface area contributed by atoms with E-state index in [0.717, 1.165) is 12.0 Å². The number of aromatic nitrogens is 5. The van der Waals surface area contributed by atoms with Crippen LogP contribution in [0.1, 0.15) is 11.3 Å². The molecule has 2 aromatic heterocycles. The van der Waals surface area contributed by atoms with Crippen LogP contribution in [0.3, 0.4) is 0 Å². The van der Waals surface area contributed by atoms with Crippen molar-refractivity contribution in [3.8, 4) is 0 Å². The van der Waals surface area contributed by atoms with Gasteiger partial charge in [0, 0.05) is 32.4 Å². The number of hydrogen-bond donors (Lipinski definition) is 2. The Morgan fingerprint density at radius 2 is 2.32 bits per heavy atom. The van der Waals surface area contributed by atoms with Crippen molar-refractivity contribution in [2.75, 3.05) is 0 Å². The SMILES string of the molecule is Cn1cc(CCn2cc(CC(N)C(=O)O)nn2)cn1. The highest BCUT2D eigenvalue weighted by molar-refractivity contribution is 5.73. The van der Waals surface area contributed by atoms with Crippen LogP contribution < -0.4 is 5.73 Å². The van der Waals surface area contributed by atoms with Gasteiger partial charge in [0.2, 0.25) is 0 Å². The zero-order valence-corrected chi connectivity index (χ0v) is 10.6. The second-order valence-electron chi connectivity index (χ2n) is 4.39. The average molecular weight is 264 g/mol. The fraction of sp³-hybridized carbons (Fsp3) is 0.455. The van der Waals surface area contributed by atoms with Crippen molar-refractivity contribution in [2.24, 2.45) is 12.8 Å². The number of carbonyl (C=O) groups is 1. The summed E-state index contributed by atoms with van der Waals surface area (Å²) in [6.45, 7) is 0.668. The zero-order chi connectivity index (χ0) is 13.8. The number of aryl methyl sites for hydroxylation is 3. The lowest BCUT2D eigenvalue weighted by molar-refractivity contribution is -0.138. The summed E-state index contributed by atoms with van der Waals surface area (Å²) in [5, 5.41) is 20.6. The maximum atomic E-state index is 10.6. The topological polar surface area (TPSA) is 112 Å². The summed E-state index contributed by atoms with van der Waals surface area (Å²) >= 11 is 0. The minimum atomic E-state index is -1.04. The Balaban J connectivity index is 1.88. The van der Waals surface area contributed by atoms with Gasteiger partial charge in [0.1, 0.15) is 6.04 Å². The maximum absolute atomic E-state index is 10.6. The quantitative estimate of drug-likeness (QED) is 0.707. The lowest BCUT2D eigenvalue weighted by Crippen LogP contribution is -2.32. The van der Waals surface area contributed by atoms with Gasteiger partial charge in [-0.25, -0.2) is 0 Å². The molecule has 0 radical (unpaired) electrons. The Labute approximate surface area is 109 Å². The summed E-state index contributed by atoms with van der Waals surface area (Å²) in [7, 11) is 1.87. The number of nitrogens with zero attached hydrogens (tertiary/aromatic N) is 5. The van der Waals surface area contributed by atoms with E-state index in [0.29, 0.717) is 12.2 Å². The highest BCUT2D eigenvalue weighted by Gasteiger charge is 2.14. The summed E-state index contributed by atoms with van der Waals surface area (Å²) in [5.41, 5.74) is 7.14. The molecule has 0 amide bonds. The van der Waals surface area contributed by atoms with Crippen molar-refractivity contribution in [2.45, 2.75) is 25.4 Å². The third-order valence-electron chi connectivity index (χ3n) is 2.72. The number of carboxylic acids is 1. The molecule has 0 saturated carbocycles. The van der Waals surface area contributed by atoms with Crippen LogP contribution in [-0.2, 0) is 31.2 Å². The smallest absolute Gasteiger partial charge is 0.320 e. The molecule has 1 atom stereocenters. The molecular formula is C11H16N6O2. The van der Waals surface area contributed by atoms with Crippen molar-refractivity contribution in [1.29, 1.82) is 0 Å². The van der Waals surface area contributed by atoms with Crippen molar-refractivity contribution in [1.82, 2.24) is 24.8 Å². The van der Waals surface area contributed by atoms with E-state index in [4.69, 9.17) is 10.8 Å². The monoisotopic (exact) mass is 264 g/mol. The summed E-state index contributed by atoms with van der Waals surface area (Å²) in [6, 6.07) is -0.941. The second-order valence-corrected chi connectivity index (χ2v) is 4.39. The number of hydrogen-bond acceptors (Lipinski definition) is 5. The Morgan fingerprint density at radius 3 is 2.95 bits per heavy atom. The first-order valence-corrected chi connectivity index (χ1v) is 5.89. The molecule has 3 N–H and O–H groups in total. The molecule has 1 unspecified atom stereocenters. The summed E-state index contributed by atoms with van der Waals surface area (Å²) in [5.74, 6) is -1.04. The Bertz CT molecular complexity index is 561. The van der Waals surface area contributed by atoms with Crippen molar-refractivity contribution in [3.05, 3.63) is 29.8 Å². The van der Waals surface area contributed by atoms with Crippen LogP contribution in [0.5, 0.6) is 0 Å². The van der Waals surface area contributed by atoms with E-state index in [1.165, 1.54) is 0 Å². The predicted molar refractivity (Wildman–Crippen MR) is 66.2 cm³/mol. The van der Waals surface area contributed by atoms with Gasteiger partial charge in [0.15, 0.2) is 0 Å². The van der Waals surface area contributed by atoms with Crippen LogP contribution in [0.4, 0.5) is 0 Å². The molecule has 0 fully saturated rings. The van der Waals surface area contributed by atoms with Crippen LogP contribution in [0.15, 0.2) is 18.6 Å². The van der Waals surface area contributed by atoms with Crippen LogP contribution in [-0.4, -0.2) is 41.9 Å². The average Bonchev–Trinajstić information content (AvgIpc) is 2.95. The molecule has 0 spiro atoms. The molecule has 2 heterocycles. The molecule has 102 valence electrons. The maximum Gasteiger partial charge on any atom is 0.320 e. The minimum Gasteiger partial charge on any atom is -0.480 e. The van der Waals surface area contributed by atoms with Crippen LogP contribution >= 0.6 is 0 Å². The van der Waals surface area contributed by atoms with E-state index < -0.39 is 12.0 Å². The molecule has 0 aliphatic carbocycles. The molecule has 0 saturated heterocycles. The molecule has 0 aliphatic rings. The van der Waals surface area contributed by atoms with Gasteiger partial charge in [-0.05, 0) is 12.0 Å². The van der Waals surface area contributed by atoms with E-state index in [-0.39, 0.29) is 6.42 Å². The number of aliphatic carboxylic acids is 1. The van der Waals surface area contributed by atoms with Crippen LogP contribution in [0.25, 0.3) is 0 Å². The zero-order valence-electron chi connectivity index (χ0n) is 10.6. The molecule has 2 rings (SSSR count). The summed E-state index contributed by atoms with van der Waals surface area (Å²) in [4.78, 5) is 10.6. The Morgan fingerprint density at radius 1 is 1.53 bits per heavy atom. The van der Waals surface area contributed by atoms with Gasteiger partial charge in [-0.15, -0.1) is 5.10 Å². The van der Waals surface area contributed by atoms with Crippen molar-refractivity contribution < 1.29 is 9.90 Å². The van der Waals surface area contributed by atoms with Gasteiger partial charge >= 0.3 is 5.97 Å². The Hall–Kier alpha value is -2.22. The molecule has 2 aromatic rings. The molecule has 8 nitrogen and oxygen atoms in total. The molecule has 8 heteroatoms. The molecule has 0 aliphatic heterocycles. The van der Waals surface area contributed by atoms with Gasteiger partial charge in [-0.3, -0.25) is 14.2 Å². The third kappa shape index (κ3) is 3.62. The van der Waals surface area contributed by atoms with Crippen molar-refractivity contribution in [3.63, 3.8) is 0 Å². The van der Waals surface area contributed by atoms with Gasteiger partial charge < -0.3 is 10.8 Å². The van der Waals surface area contributed by atoms with E-state index in [1.54, 1.807) is 21.8 Å². The number of rotatable bonds is 6. The highest BCUT2D eigenvalue weighted by atomic mass is 16.4. The van der Waals surface area contributed by atoms with Crippen molar-refractivity contribution >= 4 is 5.97 Å². The molecule has 0 aromatic carbocycles. The van der Waals surface area contributed by atoms with E-state index >= 15 is 0 Å². The highest BCUT2D eigenvalue weighted by Crippen LogP contribution is 2.02. The largest absolute Gasteiger partial charge is 0.480 e. The van der Waals surface area contributed by atoms with E-state index in [2.05, 4.69) is 15.4 Å². The van der Waals surface area contributed by atoms with Gasteiger partial charge in [-0.1, -0.05) is 5.21 Å². The van der Waals surface area contributed by atoms with Crippen LogP contribution in [0.2, 0.25) is 0 Å². The normalized spacial score (nSPS) is 12.5. The first kappa shape index (κ1) is 13.2. The van der Waals surface area contributed by atoms with Gasteiger partial charge in [0.25, 0.3) is 0 Å². The number of carboxylic acid groups (broad SMARTS) is 1. The minimum absolute atomic E-state index is 0.183. The lowest BCUT2D eigenvalue weighted by Gasteiger charge is -2.01. The van der Waals surface area contributed by atoms with E-state index in [9.17, 15) is 4.79 Å². The molecular weight excluding hydrogens is 248 g/mol. The van der Waals surface area contributed by atoms with E-state index in [1.807, 2.05) is 13.2 Å². The van der Waals surface area contributed by atoms with Crippen LogP contribution in [0, 0.1) is 0 Å². The fourth-order valence-corrected chi connectivity index (χ4v) is 1.70. The number of nitrogens with two attached hydrogens (primary N) is 1. The van der Waals surface area contributed by atoms with Gasteiger partial charge in [-0.2, -0.15) is 5.10 Å². The molecule has 0 bridgehead atoms. The first-order chi connectivity index (χ1) is 9.04. The second kappa shape index (κ2) is 5.61. The third-order valence-corrected chi connectivity index (χ3v) is 2.72. The van der Waals surface area contributed by atoms with Gasteiger partial charge in [0.05, 0.1) is 11.9 Å². The lowest BCUT2D eigenvalue weighted by atomic mass is 10.2. The Kier molecular flexibility index (Phi) is 3.91. The summed E-state index contributed by atoms with van der Waals surface area (Å²) < 4.78 is 3.42. The molecule has 19 heavy (non-hydrogen) atoms. The standard InChI is InChI=1S/C11H16N6O2/c1-16-6-8(5-13-16)2-3-17-7-9(14-15-17)4-10(12)11(18)19/h5-7,10H,2-4,12H2,1H3,(H,18,19). The summed E-state index contributed by atoms with van der Waals surface area (Å²) in [6.07, 6.45) is 6.44.